The number of carbonyl (C=O) groups is 2. The largest absolute Gasteiger partial charge is 0.456 e. The number of β-lactam (4-membered cyclic amide) rings is 1. The van der Waals surface area contributed by atoms with Gasteiger partial charge in [0.1, 0.15) is 11.5 Å². The number of hydrogen-bond acceptors (Lipinski definition) is 6. The van der Waals surface area contributed by atoms with E-state index in [1.54, 1.807) is 37.3 Å². The summed E-state index contributed by atoms with van der Waals surface area (Å²) in [7, 11) is -4.15. The Morgan fingerprint density at radius 3 is 2.45 bits per heavy atom. The molecule has 29 heavy (non-hydrogen) atoms. The van der Waals surface area contributed by atoms with Crippen LogP contribution in [0.1, 0.15) is 24.0 Å². The summed E-state index contributed by atoms with van der Waals surface area (Å²) in [4.78, 5) is 26.0. The fourth-order valence-corrected chi connectivity index (χ4v) is 4.70. The molecule has 1 fully saturated rings. The Bertz CT molecular complexity index is 1110. The highest BCUT2D eigenvalue weighted by Crippen LogP contribution is 2.40. The zero-order valence-electron chi connectivity index (χ0n) is 15.7. The van der Waals surface area contributed by atoms with Crippen molar-refractivity contribution in [3.63, 3.8) is 0 Å². The van der Waals surface area contributed by atoms with E-state index < -0.39 is 16.1 Å². The summed E-state index contributed by atoms with van der Waals surface area (Å²) in [5.74, 6) is -1.09. The highest BCUT2D eigenvalue weighted by atomic mass is 32.2. The van der Waals surface area contributed by atoms with E-state index in [0.29, 0.717) is 5.56 Å². The molecule has 2 aromatic rings. The molecule has 2 aliphatic heterocycles. The van der Waals surface area contributed by atoms with Crippen LogP contribution in [0.4, 0.5) is 0 Å². The second kappa shape index (κ2) is 7.36. The maximum Gasteiger partial charge on any atom is 0.358 e. The van der Waals surface area contributed by atoms with Crippen molar-refractivity contribution in [1.29, 1.82) is 0 Å². The summed E-state index contributed by atoms with van der Waals surface area (Å²) < 4.78 is 36.2. The first kappa shape index (κ1) is 19.2. The van der Waals surface area contributed by atoms with E-state index in [4.69, 9.17) is 8.92 Å². The van der Waals surface area contributed by atoms with Crippen molar-refractivity contribution >= 4 is 22.0 Å². The van der Waals surface area contributed by atoms with Gasteiger partial charge >= 0.3 is 16.1 Å². The minimum absolute atomic E-state index is 0.00763. The minimum atomic E-state index is -4.15. The summed E-state index contributed by atoms with van der Waals surface area (Å²) in [6, 6.07) is 15.2. The third-order valence-electron chi connectivity index (χ3n) is 4.95. The lowest BCUT2D eigenvalue weighted by molar-refractivity contribution is -0.151. The number of aryl methyl sites for hydroxylation is 1. The number of nitrogens with zero attached hydrogens (tertiary/aromatic N) is 1. The van der Waals surface area contributed by atoms with E-state index in [0.717, 1.165) is 5.56 Å². The van der Waals surface area contributed by atoms with Crippen LogP contribution >= 0.6 is 0 Å². The molecule has 0 spiro atoms. The van der Waals surface area contributed by atoms with E-state index in [1.165, 1.54) is 11.0 Å². The molecular formula is C21H19NO6S. The number of benzene rings is 2. The SMILES string of the molecule is Cc1ccccc1S(=O)(=O)OC1=C(C(=O)OCc2ccccc2)N2C(=O)CC2C1. The van der Waals surface area contributed by atoms with Crippen molar-refractivity contribution in [2.45, 2.75) is 37.3 Å². The Labute approximate surface area is 168 Å². The molecule has 2 aromatic carbocycles. The number of rotatable bonds is 6. The van der Waals surface area contributed by atoms with Crippen molar-refractivity contribution in [3.8, 4) is 0 Å². The zero-order chi connectivity index (χ0) is 20.6. The molecule has 150 valence electrons. The maximum atomic E-state index is 12.8. The van der Waals surface area contributed by atoms with Gasteiger partial charge in [-0.05, 0) is 24.1 Å². The molecule has 0 N–H and O–H groups in total. The summed E-state index contributed by atoms with van der Waals surface area (Å²) in [6.45, 7) is 1.67. The fourth-order valence-electron chi connectivity index (χ4n) is 3.49. The fraction of sp³-hybridized carbons (Fsp3) is 0.238. The van der Waals surface area contributed by atoms with Crippen LogP contribution in [0.15, 0.2) is 70.9 Å². The molecule has 1 saturated heterocycles. The highest BCUT2D eigenvalue weighted by molar-refractivity contribution is 7.87. The zero-order valence-corrected chi connectivity index (χ0v) is 16.5. The van der Waals surface area contributed by atoms with Crippen LogP contribution in [0.5, 0.6) is 0 Å². The Morgan fingerprint density at radius 2 is 1.76 bits per heavy atom. The van der Waals surface area contributed by atoms with E-state index in [9.17, 15) is 18.0 Å². The lowest BCUT2D eigenvalue weighted by atomic mass is 10.0. The molecular weight excluding hydrogens is 394 g/mol. The van der Waals surface area contributed by atoms with Gasteiger partial charge in [-0.2, -0.15) is 8.42 Å². The molecule has 0 aliphatic carbocycles. The molecule has 0 aromatic heterocycles. The molecule has 1 atom stereocenters. The molecule has 2 aliphatic rings. The van der Waals surface area contributed by atoms with Crippen LogP contribution in [0.2, 0.25) is 0 Å². The molecule has 1 amide bonds. The summed E-state index contributed by atoms with van der Waals surface area (Å²) >= 11 is 0. The summed E-state index contributed by atoms with van der Waals surface area (Å²) in [6.07, 6.45) is 0.402. The topological polar surface area (TPSA) is 90.0 Å². The molecule has 7 nitrogen and oxygen atoms in total. The lowest BCUT2D eigenvalue weighted by Gasteiger charge is -2.34. The van der Waals surface area contributed by atoms with Gasteiger partial charge in [-0.25, -0.2) is 4.79 Å². The highest BCUT2D eigenvalue weighted by Gasteiger charge is 2.50. The number of amides is 1. The van der Waals surface area contributed by atoms with E-state index >= 15 is 0 Å². The van der Waals surface area contributed by atoms with E-state index in [-0.39, 0.29) is 47.7 Å². The van der Waals surface area contributed by atoms with Crippen molar-refractivity contribution in [1.82, 2.24) is 4.90 Å². The summed E-state index contributed by atoms with van der Waals surface area (Å²) in [5.41, 5.74) is 1.18. The molecule has 0 radical (unpaired) electrons. The maximum absolute atomic E-state index is 12.8. The van der Waals surface area contributed by atoms with Crippen molar-refractivity contribution in [3.05, 3.63) is 77.2 Å². The Morgan fingerprint density at radius 1 is 1.07 bits per heavy atom. The smallest absolute Gasteiger partial charge is 0.358 e. The molecule has 8 heteroatoms. The standard InChI is InChI=1S/C21H19NO6S/c1-14-7-5-6-10-18(14)29(25,26)28-17-11-16-12-19(23)22(16)20(17)21(24)27-13-15-8-3-2-4-9-15/h2-10,16H,11-13H2,1H3. The number of hydrogen-bond donors (Lipinski definition) is 0. The minimum Gasteiger partial charge on any atom is -0.456 e. The van der Waals surface area contributed by atoms with Crippen LogP contribution in [0, 0.1) is 6.92 Å². The molecule has 0 bridgehead atoms. The number of fused-ring (bicyclic) bond motifs is 1. The monoisotopic (exact) mass is 413 g/mol. The van der Waals surface area contributed by atoms with Gasteiger partial charge in [-0.3, -0.25) is 9.69 Å². The number of ether oxygens (including phenoxy) is 1. The first-order valence-electron chi connectivity index (χ1n) is 9.13. The molecule has 0 saturated carbocycles. The number of esters is 1. The predicted molar refractivity (Wildman–Crippen MR) is 103 cm³/mol. The van der Waals surface area contributed by atoms with Gasteiger partial charge in [0.2, 0.25) is 5.91 Å². The van der Waals surface area contributed by atoms with Gasteiger partial charge in [-0.15, -0.1) is 0 Å². The average molecular weight is 413 g/mol. The first-order chi connectivity index (χ1) is 13.9. The van der Waals surface area contributed by atoms with Gasteiger partial charge in [0.25, 0.3) is 0 Å². The van der Waals surface area contributed by atoms with Gasteiger partial charge in [-0.1, -0.05) is 48.5 Å². The van der Waals surface area contributed by atoms with Gasteiger partial charge < -0.3 is 8.92 Å². The second-order valence-electron chi connectivity index (χ2n) is 6.96. The normalized spacial score (nSPS) is 18.3. The Hall–Kier alpha value is -3.13. The van der Waals surface area contributed by atoms with Crippen molar-refractivity contribution < 1.29 is 26.9 Å². The third-order valence-corrected chi connectivity index (χ3v) is 6.37. The molecule has 1 unspecified atom stereocenters. The number of carbonyl (C=O) groups excluding carboxylic acids is 2. The van der Waals surface area contributed by atoms with Crippen LogP contribution in [-0.4, -0.2) is 31.2 Å². The molecule has 4 rings (SSSR count). The summed E-state index contributed by atoms with van der Waals surface area (Å²) in [5, 5.41) is 0. The average Bonchev–Trinajstić information content (AvgIpc) is 2.98. The van der Waals surface area contributed by atoms with Crippen LogP contribution in [0.25, 0.3) is 0 Å². The van der Waals surface area contributed by atoms with E-state index in [1.807, 2.05) is 18.2 Å². The third kappa shape index (κ3) is 3.63. The van der Waals surface area contributed by atoms with Gasteiger partial charge in [0.15, 0.2) is 11.5 Å². The first-order valence-corrected chi connectivity index (χ1v) is 10.5. The van der Waals surface area contributed by atoms with Crippen LogP contribution in [-0.2, 0) is 35.2 Å². The van der Waals surface area contributed by atoms with Crippen LogP contribution in [0.3, 0.4) is 0 Å². The van der Waals surface area contributed by atoms with E-state index in [2.05, 4.69) is 0 Å². The lowest BCUT2D eigenvalue weighted by Crippen LogP contribution is -2.49. The van der Waals surface area contributed by atoms with Crippen molar-refractivity contribution in [2.24, 2.45) is 0 Å². The van der Waals surface area contributed by atoms with Gasteiger partial charge in [0.05, 0.1) is 6.04 Å². The van der Waals surface area contributed by atoms with Crippen LogP contribution < -0.4 is 0 Å². The second-order valence-corrected chi connectivity index (χ2v) is 8.48. The van der Waals surface area contributed by atoms with Gasteiger partial charge in [0, 0.05) is 12.8 Å². The molecule has 2 heterocycles. The Kier molecular flexibility index (Phi) is 4.87. The Balaban J connectivity index is 1.61. The predicted octanol–water partition coefficient (Wildman–Crippen LogP) is 2.66. The van der Waals surface area contributed by atoms with Crippen molar-refractivity contribution in [2.75, 3.05) is 0 Å². The quantitative estimate of drug-likeness (QED) is 0.411.